The second-order valence-corrected chi connectivity index (χ2v) is 4.34. The molecule has 0 spiro atoms. The largest absolute Gasteiger partial charge is 0.462 e. The summed E-state index contributed by atoms with van der Waals surface area (Å²) in [5.41, 5.74) is 7.84. The molecule has 0 aliphatic rings. The van der Waals surface area contributed by atoms with E-state index >= 15 is 0 Å². The van der Waals surface area contributed by atoms with Gasteiger partial charge in [0, 0.05) is 4.90 Å². The summed E-state index contributed by atoms with van der Waals surface area (Å²) in [7, 11) is 0. The van der Waals surface area contributed by atoms with Crippen LogP contribution in [0.15, 0.2) is 17.0 Å². The summed E-state index contributed by atoms with van der Waals surface area (Å²) in [4.78, 5) is 12.8. The van der Waals surface area contributed by atoms with E-state index in [1.54, 1.807) is 17.8 Å². The van der Waals surface area contributed by atoms with Crippen molar-refractivity contribution in [3.8, 4) is 0 Å². The second-order valence-electron chi connectivity index (χ2n) is 3.49. The summed E-state index contributed by atoms with van der Waals surface area (Å²) < 4.78 is 5.06. The van der Waals surface area contributed by atoms with Crippen molar-refractivity contribution in [3.63, 3.8) is 0 Å². The van der Waals surface area contributed by atoms with Crippen LogP contribution in [0.2, 0.25) is 0 Å². The maximum absolute atomic E-state index is 11.7. The summed E-state index contributed by atoms with van der Waals surface area (Å²) in [6.07, 6.45) is 2.80. The quantitative estimate of drug-likeness (QED) is 0.498. The lowest BCUT2D eigenvalue weighted by atomic mass is 10.1. The summed E-state index contributed by atoms with van der Waals surface area (Å²) >= 11 is 1.62. The van der Waals surface area contributed by atoms with Crippen molar-refractivity contribution in [2.75, 3.05) is 18.6 Å². The minimum atomic E-state index is -0.338. The Bertz CT molecular complexity index is 391. The van der Waals surface area contributed by atoms with Crippen LogP contribution >= 0.6 is 11.8 Å². The second kappa shape index (κ2) is 5.80. The molecule has 0 fully saturated rings. The first-order valence-electron chi connectivity index (χ1n) is 5.22. The first kappa shape index (κ1) is 12.9. The molecule has 1 aromatic carbocycles. The zero-order chi connectivity index (χ0) is 12.1. The minimum absolute atomic E-state index is 0.338. The van der Waals surface area contributed by atoms with Crippen LogP contribution in [0, 0.1) is 6.92 Å². The molecule has 1 aromatic rings. The molecule has 0 bridgehead atoms. The predicted molar refractivity (Wildman–Crippen MR) is 67.9 cm³/mol. The van der Waals surface area contributed by atoms with Crippen molar-refractivity contribution in [2.24, 2.45) is 0 Å². The number of nitrogen functional groups attached to an aromatic ring is 1. The summed E-state index contributed by atoms with van der Waals surface area (Å²) in [6, 6.07) is 3.63. The molecule has 88 valence electrons. The van der Waals surface area contributed by atoms with Gasteiger partial charge in [-0.25, -0.2) is 4.79 Å². The van der Waals surface area contributed by atoms with E-state index in [1.807, 2.05) is 26.2 Å². The van der Waals surface area contributed by atoms with E-state index in [9.17, 15) is 4.79 Å². The Morgan fingerprint density at radius 3 is 2.75 bits per heavy atom. The van der Waals surface area contributed by atoms with Crippen LogP contribution in [-0.2, 0) is 4.74 Å². The number of ether oxygens (including phenoxy) is 1. The third-order valence-electron chi connectivity index (χ3n) is 2.34. The van der Waals surface area contributed by atoms with Crippen LogP contribution in [0.3, 0.4) is 0 Å². The number of carbonyl (C=O) groups excluding carboxylic acids is 1. The standard InChI is InChI=1S/C12H17NO2S/c1-4-7-15-12(14)9-5-6-10(16-3)8(2)11(9)13/h5-6H,4,7,13H2,1-3H3. The van der Waals surface area contributed by atoms with Crippen molar-refractivity contribution in [2.45, 2.75) is 25.2 Å². The zero-order valence-corrected chi connectivity index (χ0v) is 10.7. The van der Waals surface area contributed by atoms with Crippen molar-refractivity contribution in [3.05, 3.63) is 23.3 Å². The SMILES string of the molecule is CCCOC(=O)c1ccc(SC)c(C)c1N. The molecule has 0 aliphatic heterocycles. The number of hydrogen-bond donors (Lipinski definition) is 1. The Morgan fingerprint density at radius 1 is 1.50 bits per heavy atom. The highest BCUT2D eigenvalue weighted by atomic mass is 32.2. The molecule has 0 unspecified atom stereocenters. The summed E-state index contributed by atoms with van der Waals surface area (Å²) in [5, 5.41) is 0. The van der Waals surface area contributed by atoms with Gasteiger partial charge < -0.3 is 10.5 Å². The van der Waals surface area contributed by atoms with Crippen LogP contribution in [0.5, 0.6) is 0 Å². The summed E-state index contributed by atoms with van der Waals surface area (Å²) in [6.45, 7) is 4.30. The fourth-order valence-electron chi connectivity index (χ4n) is 1.38. The third-order valence-corrected chi connectivity index (χ3v) is 3.22. The molecule has 4 heteroatoms. The molecule has 3 nitrogen and oxygen atoms in total. The van der Waals surface area contributed by atoms with Gasteiger partial charge >= 0.3 is 5.97 Å². The highest BCUT2D eigenvalue weighted by Gasteiger charge is 2.14. The first-order chi connectivity index (χ1) is 7.61. The van der Waals surface area contributed by atoms with Crippen LogP contribution in [0.25, 0.3) is 0 Å². The molecule has 1 rings (SSSR count). The number of anilines is 1. The molecule has 0 saturated heterocycles. The topological polar surface area (TPSA) is 52.3 Å². The average molecular weight is 239 g/mol. The van der Waals surface area contributed by atoms with E-state index in [4.69, 9.17) is 10.5 Å². The number of benzene rings is 1. The van der Waals surface area contributed by atoms with Gasteiger partial charge in [-0.3, -0.25) is 0 Å². The number of nitrogens with two attached hydrogens (primary N) is 1. The predicted octanol–water partition coefficient (Wildman–Crippen LogP) is 2.87. The number of rotatable bonds is 4. The van der Waals surface area contributed by atoms with Crippen molar-refractivity contribution < 1.29 is 9.53 Å². The molecular weight excluding hydrogens is 222 g/mol. The maximum Gasteiger partial charge on any atom is 0.340 e. The van der Waals surface area contributed by atoms with E-state index < -0.39 is 0 Å². The zero-order valence-electron chi connectivity index (χ0n) is 9.87. The smallest absolute Gasteiger partial charge is 0.340 e. The molecule has 0 saturated carbocycles. The molecule has 0 heterocycles. The molecule has 0 aromatic heterocycles. The molecule has 0 atom stereocenters. The van der Waals surface area contributed by atoms with Crippen molar-refractivity contribution in [1.82, 2.24) is 0 Å². The van der Waals surface area contributed by atoms with Crippen LogP contribution in [0.1, 0.15) is 29.3 Å². The maximum atomic E-state index is 11.7. The van der Waals surface area contributed by atoms with Crippen LogP contribution in [-0.4, -0.2) is 18.8 Å². The van der Waals surface area contributed by atoms with E-state index in [2.05, 4.69) is 0 Å². The number of hydrogen-bond acceptors (Lipinski definition) is 4. The molecule has 0 aliphatic carbocycles. The lowest BCUT2D eigenvalue weighted by molar-refractivity contribution is 0.0506. The van der Waals surface area contributed by atoms with Gasteiger partial charge in [0.05, 0.1) is 17.9 Å². The van der Waals surface area contributed by atoms with Gasteiger partial charge in [0.2, 0.25) is 0 Å². The number of thioether (sulfide) groups is 1. The van der Waals surface area contributed by atoms with E-state index in [1.165, 1.54) is 0 Å². The molecule has 16 heavy (non-hydrogen) atoms. The Kier molecular flexibility index (Phi) is 4.68. The Labute approximate surface area is 100 Å². The molecular formula is C12H17NO2S. The Hall–Kier alpha value is -1.16. The van der Waals surface area contributed by atoms with Crippen LogP contribution in [0.4, 0.5) is 5.69 Å². The molecule has 0 amide bonds. The van der Waals surface area contributed by atoms with Gasteiger partial charge in [0.25, 0.3) is 0 Å². The van der Waals surface area contributed by atoms with E-state index in [0.29, 0.717) is 17.9 Å². The highest BCUT2D eigenvalue weighted by Crippen LogP contribution is 2.27. The normalized spacial score (nSPS) is 10.2. The van der Waals surface area contributed by atoms with Gasteiger partial charge in [0.15, 0.2) is 0 Å². The lowest BCUT2D eigenvalue weighted by Crippen LogP contribution is -2.10. The molecule has 2 N–H and O–H groups in total. The Morgan fingerprint density at radius 2 is 2.19 bits per heavy atom. The van der Waals surface area contributed by atoms with Gasteiger partial charge in [-0.15, -0.1) is 11.8 Å². The lowest BCUT2D eigenvalue weighted by Gasteiger charge is -2.11. The van der Waals surface area contributed by atoms with Gasteiger partial charge in [0.1, 0.15) is 0 Å². The van der Waals surface area contributed by atoms with Crippen molar-refractivity contribution >= 4 is 23.4 Å². The van der Waals surface area contributed by atoms with E-state index in [-0.39, 0.29) is 5.97 Å². The summed E-state index contributed by atoms with van der Waals surface area (Å²) in [5.74, 6) is -0.338. The highest BCUT2D eigenvalue weighted by molar-refractivity contribution is 7.98. The Balaban J connectivity index is 2.98. The first-order valence-corrected chi connectivity index (χ1v) is 6.44. The monoisotopic (exact) mass is 239 g/mol. The minimum Gasteiger partial charge on any atom is -0.462 e. The third kappa shape index (κ3) is 2.70. The number of carbonyl (C=O) groups is 1. The van der Waals surface area contributed by atoms with Crippen LogP contribution < -0.4 is 5.73 Å². The van der Waals surface area contributed by atoms with Gasteiger partial charge in [-0.05, 0) is 37.3 Å². The van der Waals surface area contributed by atoms with Crippen molar-refractivity contribution in [1.29, 1.82) is 0 Å². The number of esters is 1. The van der Waals surface area contributed by atoms with Gasteiger partial charge in [-0.2, -0.15) is 0 Å². The average Bonchev–Trinajstić information content (AvgIpc) is 2.29. The molecule has 0 radical (unpaired) electrons. The van der Waals surface area contributed by atoms with E-state index in [0.717, 1.165) is 16.9 Å². The fraction of sp³-hybridized carbons (Fsp3) is 0.417. The fourth-order valence-corrected chi connectivity index (χ4v) is 2.00. The van der Waals surface area contributed by atoms with Gasteiger partial charge in [-0.1, -0.05) is 6.92 Å².